The van der Waals surface area contributed by atoms with E-state index in [4.69, 9.17) is 16.2 Å². The van der Waals surface area contributed by atoms with Crippen LogP contribution in [-0.4, -0.2) is 23.7 Å². The molecule has 4 N–H and O–H groups in total. The molecule has 1 aliphatic carbocycles. The van der Waals surface area contributed by atoms with Gasteiger partial charge in [0.2, 0.25) is 0 Å². The zero-order chi connectivity index (χ0) is 14.3. The van der Waals surface area contributed by atoms with E-state index >= 15 is 0 Å². The maximum atomic E-state index is 6.38. The second kappa shape index (κ2) is 4.90. The molecule has 0 aliphatic heterocycles. The highest BCUT2D eigenvalue weighted by atomic mass is 16.5. The van der Waals surface area contributed by atoms with E-state index < -0.39 is 0 Å². The Balaban J connectivity index is 2.36. The minimum absolute atomic E-state index is 0.528. The van der Waals surface area contributed by atoms with Crippen LogP contribution in [-0.2, 0) is 24.0 Å². The van der Waals surface area contributed by atoms with Gasteiger partial charge in [-0.2, -0.15) is 0 Å². The number of aryl methyl sites for hydroxylation is 2. The Labute approximate surface area is 118 Å². The lowest BCUT2D eigenvalue weighted by Gasteiger charge is -2.16. The van der Waals surface area contributed by atoms with Crippen LogP contribution in [0.4, 0.5) is 11.5 Å². The Morgan fingerprint density at radius 1 is 1.15 bits per heavy atom. The topological polar surface area (TPSA) is 87.0 Å². The van der Waals surface area contributed by atoms with Gasteiger partial charge in [0.05, 0.1) is 12.1 Å². The van der Waals surface area contributed by atoms with Gasteiger partial charge in [0, 0.05) is 18.2 Å². The molecular weight excluding hydrogens is 252 g/mol. The smallest absolute Gasteiger partial charge is 0.135 e. The van der Waals surface area contributed by atoms with Crippen molar-refractivity contribution in [2.45, 2.75) is 32.6 Å². The lowest BCUT2D eigenvalue weighted by molar-refractivity contribution is 0.202. The average Bonchev–Trinajstić information content (AvgIpc) is 2.89. The van der Waals surface area contributed by atoms with Crippen molar-refractivity contribution in [3.8, 4) is 0 Å². The molecule has 1 aromatic heterocycles. The molecule has 20 heavy (non-hydrogen) atoms. The zero-order valence-electron chi connectivity index (χ0n) is 12.0. The predicted molar refractivity (Wildman–Crippen MR) is 80.7 cm³/mol. The first kappa shape index (κ1) is 13.1. The molecule has 0 fully saturated rings. The lowest BCUT2D eigenvalue weighted by Crippen LogP contribution is -2.09. The van der Waals surface area contributed by atoms with E-state index in [2.05, 4.69) is 9.97 Å². The standard InChI is InChI=1S/C15H20N4O/c1-8-18-14-10-5-3-4-9(10)13(16)11(6-7-20-2)12(14)15(17)19-8/h3-7,16H2,1-2H3,(H2,17,18,19). The molecule has 0 amide bonds. The molecule has 1 aromatic carbocycles. The van der Waals surface area contributed by atoms with E-state index in [1.54, 1.807) is 7.11 Å². The molecule has 0 atom stereocenters. The van der Waals surface area contributed by atoms with E-state index in [0.717, 1.165) is 47.8 Å². The first-order chi connectivity index (χ1) is 9.63. The summed E-state index contributed by atoms with van der Waals surface area (Å²) in [5.41, 5.74) is 17.9. The van der Waals surface area contributed by atoms with Crippen LogP contribution in [0.25, 0.3) is 10.9 Å². The first-order valence-corrected chi connectivity index (χ1v) is 6.98. The average molecular weight is 272 g/mol. The number of ether oxygens (including phenoxy) is 1. The number of hydrogen-bond donors (Lipinski definition) is 2. The summed E-state index contributed by atoms with van der Waals surface area (Å²) in [6, 6.07) is 0. The second-order valence-corrected chi connectivity index (χ2v) is 5.33. The van der Waals surface area contributed by atoms with Gasteiger partial charge in [-0.05, 0) is 49.3 Å². The Bertz CT molecular complexity index is 682. The number of nitrogen functional groups attached to an aromatic ring is 2. The van der Waals surface area contributed by atoms with Gasteiger partial charge in [-0.15, -0.1) is 0 Å². The van der Waals surface area contributed by atoms with Gasteiger partial charge in [0.25, 0.3) is 0 Å². The molecule has 106 valence electrons. The highest BCUT2D eigenvalue weighted by Crippen LogP contribution is 2.39. The molecular formula is C15H20N4O. The van der Waals surface area contributed by atoms with Crippen LogP contribution in [0.1, 0.15) is 28.9 Å². The predicted octanol–water partition coefficient (Wildman–Crippen LogP) is 1.78. The SMILES string of the molecule is COCCc1c(N)c2c(c3nc(C)nc(N)c13)CCC2. The van der Waals surface area contributed by atoms with Crippen LogP contribution in [0, 0.1) is 6.92 Å². The molecule has 1 heterocycles. The number of methoxy groups -OCH3 is 1. The first-order valence-electron chi connectivity index (χ1n) is 6.98. The van der Waals surface area contributed by atoms with Crippen molar-refractivity contribution in [3.63, 3.8) is 0 Å². The molecule has 0 bridgehead atoms. The van der Waals surface area contributed by atoms with Gasteiger partial charge >= 0.3 is 0 Å². The fraction of sp³-hybridized carbons (Fsp3) is 0.467. The van der Waals surface area contributed by atoms with Gasteiger partial charge in [-0.3, -0.25) is 0 Å². The summed E-state index contributed by atoms with van der Waals surface area (Å²) >= 11 is 0. The van der Waals surface area contributed by atoms with Crippen molar-refractivity contribution in [2.75, 3.05) is 25.2 Å². The minimum Gasteiger partial charge on any atom is -0.398 e. The molecule has 1 aliphatic rings. The van der Waals surface area contributed by atoms with Gasteiger partial charge in [0.15, 0.2) is 0 Å². The Morgan fingerprint density at radius 2 is 1.90 bits per heavy atom. The van der Waals surface area contributed by atoms with Gasteiger partial charge < -0.3 is 16.2 Å². The van der Waals surface area contributed by atoms with Crippen molar-refractivity contribution in [3.05, 3.63) is 22.5 Å². The zero-order valence-corrected chi connectivity index (χ0v) is 12.0. The van der Waals surface area contributed by atoms with E-state index in [9.17, 15) is 0 Å². The summed E-state index contributed by atoms with van der Waals surface area (Å²) in [6.07, 6.45) is 3.92. The fourth-order valence-corrected chi connectivity index (χ4v) is 3.19. The van der Waals surface area contributed by atoms with Crippen LogP contribution in [0.15, 0.2) is 0 Å². The number of hydrogen-bond acceptors (Lipinski definition) is 5. The lowest BCUT2D eigenvalue weighted by atomic mass is 9.95. The number of fused-ring (bicyclic) bond motifs is 3. The molecule has 5 nitrogen and oxygen atoms in total. The van der Waals surface area contributed by atoms with Crippen LogP contribution in [0.2, 0.25) is 0 Å². The van der Waals surface area contributed by atoms with E-state index in [0.29, 0.717) is 18.2 Å². The van der Waals surface area contributed by atoms with E-state index in [1.165, 1.54) is 11.1 Å². The van der Waals surface area contributed by atoms with Crippen LogP contribution in [0.3, 0.4) is 0 Å². The monoisotopic (exact) mass is 272 g/mol. The van der Waals surface area contributed by atoms with Crippen LogP contribution >= 0.6 is 0 Å². The highest BCUT2D eigenvalue weighted by molar-refractivity contribution is 5.98. The number of anilines is 2. The molecule has 0 saturated carbocycles. The molecule has 0 radical (unpaired) electrons. The molecule has 0 saturated heterocycles. The fourth-order valence-electron chi connectivity index (χ4n) is 3.19. The summed E-state index contributed by atoms with van der Waals surface area (Å²) in [5, 5.41) is 0.922. The maximum Gasteiger partial charge on any atom is 0.135 e. The number of rotatable bonds is 3. The summed E-state index contributed by atoms with van der Waals surface area (Å²) < 4.78 is 5.20. The number of nitrogens with two attached hydrogens (primary N) is 2. The van der Waals surface area contributed by atoms with Crippen molar-refractivity contribution < 1.29 is 4.74 Å². The number of aromatic nitrogens is 2. The van der Waals surface area contributed by atoms with Crippen molar-refractivity contribution >= 4 is 22.4 Å². The molecule has 0 unspecified atom stereocenters. The molecule has 2 aromatic rings. The third kappa shape index (κ3) is 1.89. The maximum absolute atomic E-state index is 6.38. The summed E-state index contributed by atoms with van der Waals surface area (Å²) in [4.78, 5) is 8.94. The Morgan fingerprint density at radius 3 is 2.65 bits per heavy atom. The van der Waals surface area contributed by atoms with Crippen molar-refractivity contribution in [2.24, 2.45) is 0 Å². The van der Waals surface area contributed by atoms with Gasteiger partial charge in [-0.1, -0.05) is 0 Å². The van der Waals surface area contributed by atoms with Crippen molar-refractivity contribution in [1.82, 2.24) is 9.97 Å². The van der Waals surface area contributed by atoms with E-state index in [1.807, 2.05) is 6.92 Å². The minimum atomic E-state index is 0.528. The van der Waals surface area contributed by atoms with Crippen LogP contribution in [0.5, 0.6) is 0 Å². The largest absolute Gasteiger partial charge is 0.398 e. The summed E-state index contributed by atoms with van der Waals surface area (Å²) in [5.74, 6) is 1.24. The van der Waals surface area contributed by atoms with Crippen LogP contribution < -0.4 is 11.5 Å². The van der Waals surface area contributed by atoms with E-state index in [-0.39, 0.29) is 0 Å². The van der Waals surface area contributed by atoms with Gasteiger partial charge in [-0.25, -0.2) is 9.97 Å². The molecule has 3 rings (SSSR count). The van der Waals surface area contributed by atoms with Crippen molar-refractivity contribution in [1.29, 1.82) is 0 Å². The third-order valence-corrected chi connectivity index (χ3v) is 4.06. The normalized spacial score (nSPS) is 13.9. The summed E-state index contributed by atoms with van der Waals surface area (Å²) in [6.45, 7) is 2.49. The Kier molecular flexibility index (Phi) is 3.22. The highest BCUT2D eigenvalue weighted by Gasteiger charge is 2.23. The Hall–Kier alpha value is -1.88. The summed E-state index contributed by atoms with van der Waals surface area (Å²) in [7, 11) is 1.69. The molecule has 0 spiro atoms. The quantitative estimate of drug-likeness (QED) is 0.832. The van der Waals surface area contributed by atoms with Gasteiger partial charge in [0.1, 0.15) is 11.6 Å². The number of nitrogens with zero attached hydrogens (tertiary/aromatic N) is 2. The molecule has 5 heteroatoms. The second-order valence-electron chi connectivity index (χ2n) is 5.33. The third-order valence-electron chi connectivity index (χ3n) is 4.06. The number of benzene rings is 1.